The van der Waals surface area contributed by atoms with Crippen LogP contribution in [-0.2, 0) is 9.53 Å². The molecule has 1 fully saturated rings. The molecule has 0 aliphatic heterocycles. The van der Waals surface area contributed by atoms with Crippen molar-refractivity contribution in [3.05, 3.63) is 0 Å². The highest BCUT2D eigenvalue weighted by Gasteiger charge is 2.32. The molecule has 1 N–H and O–H groups in total. The van der Waals surface area contributed by atoms with Gasteiger partial charge in [0.25, 0.3) is 0 Å². The molecule has 0 spiro atoms. The Morgan fingerprint density at radius 2 is 2.12 bits per heavy atom. The van der Waals surface area contributed by atoms with Gasteiger partial charge in [0, 0.05) is 13.7 Å². The quantitative estimate of drug-likeness (QED) is 0.711. The first kappa shape index (κ1) is 13.5. The Hall–Kier alpha value is -0.570. The summed E-state index contributed by atoms with van der Waals surface area (Å²) in [6.45, 7) is 3.03. The number of carboxylic acid groups (broad SMARTS) is 1. The Kier molecular flexibility index (Phi) is 5.81. The average molecular weight is 228 g/mol. The molecule has 0 aromatic heterocycles. The highest BCUT2D eigenvalue weighted by atomic mass is 16.5. The number of carboxylic acids is 1. The molecule has 1 aliphatic carbocycles. The van der Waals surface area contributed by atoms with E-state index in [2.05, 4.69) is 6.92 Å². The lowest BCUT2D eigenvalue weighted by Gasteiger charge is -2.32. The highest BCUT2D eigenvalue weighted by molar-refractivity contribution is 5.70. The van der Waals surface area contributed by atoms with Crippen LogP contribution in [-0.4, -0.2) is 24.8 Å². The van der Waals surface area contributed by atoms with E-state index in [1.807, 2.05) is 0 Å². The van der Waals surface area contributed by atoms with Gasteiger partial charge in [-0.05, 0) is 43.9 Å². The number of methoxy groups -OCH3 is 1. The number of hydrogen-bond donors (Lipinski definition) is 1. The fourth-order valence-corrected chi connectivity index (χ4v) is 2.80. The van der Waals surface area contributed by atoms with Crippen molar-refractivity contribution in [2.24, 2.45) is 17.8 Å². The Labute approximate surface area is 98.2 Å². The summed E-state index contributed by atoms with van der Waals surface area (Å²) < 4.78 is 5.01. The molecule has 94 valence electrons. The molecule has 0 amide bonds. The minimum atomic E-state index is -0.594. The van der Waals surface area contributed by atoms with Gasteiger partial charge in [0.05, 0.1) is 5.92 Å². The monoisotopic (exact) mass is 228 g/mol. The molecular formula is C13H24O3. The lowest BCUT2D eigenvalue weighted by atomic mass is 9.72. The first-order valence-electron chi connectivity index (χ1n) is 6.37. The van der Waals surface area contributed by atoms with Crippen molar-refractivity contribution in [1.29, 1.82) is 0 Å². The first-order chi connectivity index (χ1) is 7.65. The Balaban J connectivity index is 2.35. The molecular weight excluding hydrogens is 204 g/mol. The number of unbranched alkanes of at least 4 members (excludes halogenated alkanes) is 1. The first-order valence-corrected chi connectivity index (χ1v) is 6.37. The topological polar surface area (TPSA) is 46.5 Å². The van der Waals surface area contributed by atoms with Crippen LogP contribution in [0.5, 0.6) is 0 Å². The molecule has 3 atom stereocenters. The van der Waals surface area contributed by atoms with Crippen LogP contribution in [0.25, 0.3) is 0 Å². The minimum absolute atomic E-state index is 0.0984. The van der Waals surface area contributed by atoms with Gasteiger partial charge in [-0.15, -0.1) is 0 Å². The maximum absolute atomic E-state index is 11.1. The normalized spacial score (nSPS) is 30.2. The van der Waals surface area contributed by atoms with E-state index < -0.39 is 5.97 Å². The molecule has 0 aromatic rings. The summed E-state index contributed by atoms with van der Waals surface area (Å²) in [6.07, 6.45) is 6.22. The minimum Gasteiger partial charge on any atom is -0.481 e. The SMILES string of the molecule is COCCCCC1CC(C)CCC1C(=O)O. The third-order valence-corrected chi connectivity index (χ3v) is 3.74. The fourth-order valence-electron chi connectivity index (χ4n) is 2.80. The predicted octanol–water partition coefficient (Wildman–Crippen LogP) is 2.94. The molecule has 0 saturated heterocycles. The standard InChI is InChI=1S/C13H24O3/c1-10-6-7-12(13(14)15)11(9-10)5-3-4-8-16-2/h10-12H,3-9H2,1-2H3,(H,14,15). The van der Waals surface area contributed by atoms with E-state index >= 15 is 0 Å². The second-order valence-corrected chi connectivity index (χ2v) is 5.11. The van der Waals surface area contributed by atoms with E-state index in [4.69, 9.17) is 4.74 Å². The summed E-state index contributed by atoms with van der Waals surface area (Å²) in [5.74, 6) is 0.392. The largest absolute Gasteiger partial charge is 0.481 e. The van der Waals surface area contributed by atoms with E-state index in [-0.39, 0.29) is 5.92 Å². The zero-order valence-corrected chi connectivity index (χ0v) is 10.4. The maximum Gasteiger partial charge on any atom is 0.306 e. The van der Waals surface area contributed by atoms with Gasteiger partial charge in [-0.3, -0.25) is 4.79 Å². The molecule has 1 rings (SSSR count). The summed E-state index contributed by atoms with van der Waals surface area (Å²) >= 11 is 0. The van der Waals surface area contributed by atoms with E-state index in [1.54, 1.807) is 7.11 Å². The smallest absolute Gasteiger partial charge is 0.306 e. The molecule has 1 saturated carbocycles. The Morgan fingerprint density at radius 1 is 1.38 bits per heavy atom. The molecule has 0 heterocycles. The number of aliphatic carboxylic acids is 1. The zero-order chi connectivity index (χ0) is 12.0. The summed E-state index contributed by atoms with van der Waals surface area (Å²) in [7, 11) is 1.71. The molecule has 0 bridgehead atoms. The molecule has 3 nitrogen and oxygen atoms in total. The van der Waals surface area contributed by atoms with Gasteiger partial charge < -0.3 is 9.84 Å². The lowest BCUT2D eigenvalue weighted by Crippen LogP contribution is -2.30. The Bertz CT molecular complexity index is 215. The number of rotatable bonds is 6. The van der Waals surface area contributed by atoms with Gasteiger partial charge in [-0.25, -0.2) is 0 Å². The summed E-state index contributed by atoms with van der Waals surface area (Å²) in [5.41, 5.74) is 0. The van der Waals surface area contributed by atoms with E-state index in [1.165, 1.54) is 0 Å². The van der Waals surface area contributed by atoms with Crippen LogP contribution in [0.4, 0.5) is 0 Å². The molecule has 3 heteroatoms. The summed E-state index contributed by atoms with van der Waals surface area (Å²) in [4.78, 5) is 11.1. The second kappa shape index (κ2) is 6.89. The zero-order valence-electron chi connectivity index (χ0n) is 10.4. The fraction of sp³-hybridized carbons (Fsp3) is 0.923. The molecule has 16 heavy (non-hydrogen) atoms. The van der Waals surface area contributed by atoms with Crippen LogP contribution in [0.1, 0.15) is 45.4 Å². The van der Waals surface area contributed by atoms with Crippen molar-refractivity contribution in [1.82, 2.24) is 0 Å². The predicted molar refractivity (Wildman–Crippen MR) is 63.4 cm³/mol. The van der Waals surface area contributed by atoms with Crippen LogP contribution in [0.3, 0.4) is 0 Å². The van der Waals surface area contributed by atoms with Gasteiger partial charge in [-0.1, -0.05) is 13.3 Å². The molecule has 0 aromatic carbocycles. The molecule has 1 aliphatic rings. The van der Waals surface area contributed by atoms with Crippen molar-refractivity contribution in [2.75, 3.05) is 13.7 Å². The van der Waals surface area contributed by atoms with Gasteiger partial charge >= 0.3 is 5.97 Å². The third kappa shape index (κ3) is 4.12. The number of ether oxygens (including phenoxy) is 1. The van der Waals surface area contributed by atoms with Crippen molar-refractivity contribution in [3.63, 3.8) is 0 Å². The van der Waals surface area contributed by atoms with Gasteiger partial charge in [0.2, 0.25) is 0 Å². The number of carbonyl (C=O) groups is 1. The maximum atomic E-state index is 11.1. The van der Waals surface area contributed by atoms with Crippen molar-refractivity contribution in [2.45, 2.75) is 45.4 Å². The second-order valence-electron chi connectivity index (χ2n) is 5.11. The van der Waals surface area contributed by atoms with Crippen LogP contribution in [0.15, 0.2) is 0 Å². The van der Waals surface area contributed by atoms with E-state index in [9.17, 15) is 9.90 Å². The van der Waals surface area contributed by atoms with Crippen molar-refractivity contribution in [3.8, 4) is 0 Å². The third-order valence-electron chi connectivity index (χ3n) is 3.74. The van der Waals surface area contributed by atoms with E-state index in [0.717, 1.165) is 45.1 Å². The highest BCUT2D eigenvalue weighted by Crippen LogP contribution is 2.36. The Morgan fingerprint density at radius 3 is 2.75 bits per heavy atom. The molecule has 0 radical (unpaired) electrons. The van der Waals surface area contributed by atoms with Gasteiger partial charge in [0.1, 0.15) is 0 Å². The van der Waals surface area contributed by atoms with Crippen LogP contribution < -0.4 is 0 Å². The van der Waals surface area contributed by atoms with Crippen LogP contribution >= 0.6 is 0 Å². The van der Waals surface area contributed by atoms with Crippen LogP contribution in [0.2, 0.25) is 0 Å². The van der Waals surface area contributed by atoms with Crippen molar-refractivity contribution >= 4 is 5.97 Å². The number of hydrogen-bond acceptors (Lipinski definition) is 2. The summed E-state index contributed by atoms with van der Waals surface area (Å²) in [6, 6.07) is 0. The van der Waals surface area contributed by atoms with E-state index in [0.29, 0.717) is 11.8 Å². The van der Waals surface area contributed by atoms with Crippen molar-refractivity contribution < 1.29 is 14.6 Å². The lowest BCUT2D eigenvalue weighted by molar-refractivity contribution is -0.145. The molecule has 3 unspecified atom stereocenters. The average Bonchev–Trinajstić information content (AvgIpc) is 2.24. The van der Waals surface area contributed by atoms with Crippen LogP contribution in [0, 0.1) is 17.8 Å². The van der Waals surface area contributed by atoms with Gasteiger partial charge in [0.15, 0.2) is 0 Å². The summed E-state index contributed by atoms with van der Waals surface area (Å²) in [5, 5.41) is 9.17. The van der Waals surface area contributed by atoms with Gasteiger partial charge in [-0.2, -0.15) is 0 Å².